The summed E-state index contributed by atoms with van der Waals surface area (Å²) in [6.45, 7) is 3.82. The molecule has 1 aromatic carbocycles. The fourth-order valence-corrected chi connectivity index (χ4v) is 1.54. The Hall–Kier alpha value is -0.570. The van der Waals surface area contributed by atoms with Gasteiger partial charge in [-0.3, -0.25) is 0 Å². The van der Waals surface area contributed by atoms with Gasteiger partial charge in [-0.25, -0.2) is 4.39 Å². The molecule has 12 heavy (non-hydrogen) atoms. The lowest BCUT2D eigenvalue weighted by atomic mass is 10.0. The number of hydrogen-bond acceptors (Lipinski definition) is 1. The van der Waals surface area contributed by atoms with E-state index in [9.17, 15) is 8.28 Å². The highest BCUT2D eigenvalue weighted by atomic mass is 32.2. The van der Waals surface area contributed by atoms with Crippen molar-refractivity contribution in [2.24, 2.45) is 0 Å². The van der Waals surface area contributed by atoms with Crippen molar-refractivity contribution in [3.8, 4) is 0 Å². The molecule has 0 saturated carbocycles. The fourth-order valence-electron chi connectivity index (χ4n) is 1.04. The summed E-state index contributed by atoms with van der Waals surface area (Å²) in [7, 11) is 0. The van der Waals surface area contributed by atoms with Crippen LogP contribution in [0.15, 0.2) is 23.1 Å². The van der Waals surface area contributed by atoms with Gasteiger partial charge < -0.3 is 0 Å². The first-order valence-electron chi connectivity index (χ1n) is 3.73. The lowest BCUT2D eigenvalue weighted by molar-refractivity contribution is 0.620. The molecule has 0 fully saturated rings. The third-order valence-corrected chi connectivity index (χ3v) is 2.21. The summed E-state index contributed by atoms with van der Waals surface area (Å²) in [5.41, 5.74) is 0.725. The summed E-state index contributed by atoms with van der Waals surface area (Å²) in [5, 5.41) is 0. The SMILES string of the molecule is CC(C)c1cc(F)ccc1SF. The third-order valence-electron chi connectivity index (χ3n) is 1.68. The molecule has 0 nitrogen and oxygen atoms in total. The van der Waals surface area contributed by atoms with Gasteiger partial charge in [0.15, 0.2) is 0 Å². The average molecular weight is 188 g/mol. The van der Waals surface area contributed by atoms with E-state index < -0.39 is 0 Å². The van der Waals surface area contributed by atoms with Crippen molar-refractivity contribution in [2.45, 2.75) is 24.7 Å². The molecule has 0 aliphatic heterocycles. The molecule has 0 aromatic heterocycles. The Morgan fingerprint density at radius 2 is 2.00 bits per heavy atom. The van der Waals surface area contributed by atoms with Gasteiger partial charge in [0.1, 0.15) is 5.82 Å². The zero-order chi connectivity index (χ0) is 9.14. The molecular formula is C9H10F2S. The van der Waals surface area contributed by atoms with Gasteiger partial charge in [-0.1, -0.05) is 13.8 Å². The Kier molecular flexibility index (Phi) is 3.09. The highest BCUT2D eigenvalue weighted by molar-refractivity contribution is 7.94. The highest BCUT2D eigenvalue weighted by Crippen LogP contribution is 2.29. The van der Waals surface area contributed by atoms with Gasteiger partial charge in [0, 0.05) is 4.90 Å². The number of rotatable bonds is 2. The molecule has 0 radical (unpaired) electrons. The van der Waals surface area contributed by atoms with E-state index in [1.165, 1.54) is 18.2 Å². The zero-order valence-corrected chi connectivity index (χ0v) is 7.79. The van der Waals surface area contributed by atoms with Crippen LogP contribution in [-0.2, 0) is 0 Å². The normalized spacial score (nSPS) is 10.8. The quantitative estimate of drug-likeness (QED) is 0.677. The van der Waals surface area contributed by atoms with Crippen LogP contribution in [-0.4, -0.2) is 0 Å². The van der Waals surface area contributed by atoms with Gasteiger partial charge >= 0.3 is 0 Å². The molecule has 0 saturated heterocycles. The monoisotopic (exact) mass is 188 g/mol. The van der Waals surface area contributed by atoms with E-state index >= 15 is 0 Å². The van der Waals surface area contributed by atoms with Crippen molar-refractivity contribution in [1.29, 1.82) is 0 Å². The molecular weight excluding hydrogens is 178 g/mol. The Balaban J connectivity index is 3.12. The van der Waals surface area contributed by atoms with E-state index in [-0.39, 0.29) is 23.9 Å². The highest BCUT2D eigenvalue weighted by Gasteiger charge is 2.08. The maximum Gasteiger partial charge on any atom is 0.123 e. The predicted octanol–water partition coefficient (Wildman–Crippen LogP) is 3.93. The molecule has 0 unspecified atom stereocenters. The Morgan fingerprint density at radius 1 is 1.33 bits per heavy atom. The molecule has 0 aliphatic carbocycles. The van der Waals surface area contributed by atoms with Crippen molar-refractivity contribution < 1.29 is 8.28 Å². The first kappa shape index (κ1) is 9.52. The van der Waals surface area contributed by atoms with Crippen molar-refractivity contribution in [3.05, 3.63) is 29.6 Å². The van der Waals surface area contributed by atoms with Gasteiger partial charge in [0.25, 0.3) is 0 Å². The molecule has 0 bridgehead atoms. The molecule has 1 aromatic rings. The molecule has 0 amide bonds. The predicted molar refractivity (Wildman–Crippen MR) is 47.5 cm³/mol. The van der Waals surface area contributed by atoms with Gasteiger partial charge in [0.2, 0.25) is 0 Å². The standard InChI is InChI=1S/C9H10F2S/c1-6(2)8-5-7(10)3-4-9(8)12-11/h3-6H,1-2H3. The Labute approximate surface area is 75.3 Å². The molecule has 66 valence electrons. The van der Waals surface area contributed by atoms with E-state index in [1.807, 2.05) is 13.8 Å². The van der Waals surface area contributed by atoms with Crippen LogP contribution in [0.3, 0.4) is 0 Å². The zero-order valence-electron chi connectivity index (χ0n) is 6.97. The van der Waals surface area contributed by atoms with Crippen LogP contribution >= 0.6 is 12.1 Å². The van der Waals surface area contributed by atoms with Crippen molar-refractivity contribution in [1.82, 2.24) is 0 Å². The van der Waals surface area contributed by atoms with Gasteiger partial charge in [-0.05, 0) is 29.7 Å². The molecule has 0 N–H and O–H groups in total. The number of benzene rings is 1. The van der Waals surface area contributed by atoms with Crippen LogP contribution in [0, 0.1) is 5.82 Å². The van der Waals surface area contributed by atoms with Crippen LogP contribution in [0.5, 0.6) is 0 Å². The summed E-state index contributed by atoms with van der Waals surface area (Å²) < 4.78 is 25.0. The molecule has 1 rings (SSSR count). The summed E-state index contributed by atoms with van der Waals surface area (Å²) in [4.78, 5) is 0.506. The minimum atomic E-state index is -0.309. The second kappa shape index (κ2) is 3.90. The van der Waals surface area contributed by atoms with E-state index in [4.69, 9.17) is 0 Å². The molecule has 0 aliphatic rings. The first-order chi connectivity index (χ1) is 5.65. The lowest BCUT2D eigenvalue weighted by Crippen LogP contribution is -1.91. The van der Waals surface area contributed by atoms with Crippen LogP contribution < -0.4 is 0 Å². The van der Waals surface area contributed by atoms with E-state index in [1.54, 1.807) is 0 Å². The maximum atomic E-state index is 12.7. The molecule has 0 spiro atoms. The number of hydrogen-bond donors (Lipinski definition) is 0. The summed E-state index contributed by atoms with van der Waals surface area (Å²) in [6.07, 6.45) is 0. The Morgan fingerprint density at radius 3 is 2.50 bits per heavy atom. The summed E-state index contributed by atoms with van der Waals surface area (Å²) in [6, 6.07) is 4.12. The van der Waals surface area contributed by atoms with Gasteiger partial charge in [0.05, 0.1) is 12.1 Å². The Bertz CT molecular complexity index is 271. The molecule has 0 heterocycles. The molecule has 0 atom stereocenters. The second-order valence-corrected chi connectivity index (χ2v) is 3.51. The van der Waals surface area contributed by atoms with Crippen LogP contribution in [0.4, 0.5) is 8.28 Å². The second-order valence-electron chi connectivity index (χ2n) is 2.91. The lowest BCUT2D eigenvalue weighted by Gasteiger charge is -2.08. The van der Waals surface area contributed by atoms with Crippen LogP contribution in [0.25, 0.3) is 0 Å². The van der Waals surface area contributed by atoms with Gasteiger partial charge in [-0.2, -0.15) is 3.89 Å². The fraction of sp³-hybridized carbons (Fsp3) is 0.333. The minimum absolute atomic E-state index is 0.152. The van der Waals surface area contributed by atoms with E-state index in [2.05, 4.69) is 0 Å². The van der Waals surface area contributed by atoms with Crippen molar-refractivity contribution >= 4 is 12.1 Å². The third kappa shape index (κ3) is 1.97. The maximum absolute atomic E-state index is 12.7. The van der Waals surface area contributed by atoms with Crippen LogP contribution in [0.2, 0.25) is 0 Å². The summed E-state index contributed by atoms with van der Waals surface area (Å²) in [5.74, 6) is -0.157. The average Bonchev–Trinajstić information content (AvgIpc) is 2.04. The first-order valence-corrected chi connectivity index (χ1v) is 4.45. The van der Waals surface area contributed by atoms with Crippen molar-refractivity contribution in [2.75, 3.05) is 0 Å². The minimum Gasteiger partial charge on any atom is -0.207 e. The van der Waals surface area contributed by atoms with Crippen molar-refractivity contribution in [3.63, 3.8) is 0 Å². The topological polar surface area (TPSA) is 0 Å². The van der Waals surface area contributed by atoms with Crippen LogP contribution in [0.1, 0.15) is 25.3 Å². The summed E-state index contributed by atoms with van der Waals surface area (Å²) >= 11 is 0.166. The largest absolute Gasteiger partial charge is 0.207 e. The van der Waals surface area contributed by atoms with E-state index in [0.29, 0.717) is 4.90 Å². The van der Waals surface area contributed by atoms with Gasteiger partial charge in [-0.15, -0.1) is 0 Å². The smallest absolute Gasteiger partial charge is 0.123 e. The van der Waals surface area contributed by atoms with E-state index in [0.717, 1.165) is 5.56 Å². The molecule has 3 heteroatoms. The number of halogens is 2.